The van der Waals surface area contributed by atoms with E-state index in [0.717, 1.165) is 12.2 Å². The molecule has 2 rings (SSSR count). The van der Waals surface area contributed by atoms with Crippen molar-refractivity contribution in [2.75, 3.05) is 5.32 Å². The molecule has 1 aromatic rings. The lowest BCUT2D eigenvalue weighted by atomic mass is 9.84. The van der Waals surface area contributed by atoms with Crippen LogP contribution in [0.15, 0.2) is 12.3 Å². The van der Waals surface area contributed by atoms with Gasteiger partial charge in [-0.15, -0.1) is 0 Å². The number of anilines is 1. The lowest BCUT2D eigenvalue weighted by molar-refractivity contribution is 0.347. The third-order valence-corrected chi connectivity index (χ3v) is 3.61. The average Bonchev–Trinajstić information content (AvgIpc) is 2.57. The van der Waals surface area contributed by atoms with Gasteiger partial charge < -0.3 is 5.32 Å². The second-order valence-corrected chi connectivity index (χ2v) is 7.25. The molecule has 2 heteroatoms. The van der Waals surface area contributed by atoms with E-state index in [2.05, 4.69) is 57.9 Å². The number of nitrogens with one attached hydrogen (secondary N) is 1. The van der Waals surface area contributed by atoms with E-state index in [1.54, 1.807) is 0 Å². The van der Waals surface area contributed by atoms with Crippen molar-refractivity contribution in [3.05, 3.63) is 23.4 Å². The van der Waals surface area contributed by atoms with Crippen LogP contribution in [-0.4, -0.2) is 11.0 Å². The molecule has 94 valence electrons. The average molecular weight is 232 g/mol. The number of nitrogens with zero attached hydrogens (tertiary/aromatic N) is 1. The monoisotopic (exact) mass is 232 g/mol. The van der Waals surface area contributed by atoms with Crippen molar-refractivity contribution < 1.29 is 0 Å². The lowest BCUT2D eigenvalue weighted by Gasteiger charge is -2.26. The van der Waals surface area contributed by atoms with Crippen molar-refractivity contribution in [3.63, 3.8) is 0 Å². The molecular weight excluding hydrogens is 208 g/mol. The minimum Gasteiger partial charge on any atom is -0.366 e. The Balaban J connectivity index is 2.29. The summed E-state index contributed by atoms with van der Waals surface area (Å²) in [5, 5.41) is 3.54. The molecule has 0 saturated heterocycles. The zero-order valence-electron chi connectivity index (χ0n) is 11.9. The van der Waals surface area contributed by atoms with Gasteiger partial charge in [-0.3, -0.25) is 0 Å². The zero-order valence-corrected chi connectivity index (χ0v) is 11.9. The van der Waals surface area contributed by atoms with Gasteiger partial charge in [0.15, 0.2) is 0 Å². The minimum atomic E-state index is 0.182. The summed E-state index contributed by atoms with van der Waals surface area (Å²) in [5.74, 6) is 1.08. The molecule has 0 spiro atoms. The smallest absolute Gasteiger partial charge is 0.129 e. The first-order valence-electron chi connectivity index (χ1n) is 6.44. The van der Waals surface area contributed by atoms with E-state index >= 15 is 0 Å². The molecule has 1 aliphatic heterocycles. The first-order chi connectivity index (χ1) is 7.68. The third-order valence-electron chi connectivity index (χ3n) is 3.61. The summed E-state index contributed by atoms with van der Waals surface area (Å²) >= 11 is 0. The van der Waals surface area contributed by atoms with E-state index in [1.165, 1.54) is 11.1 Å². The highest BCUT2D eigenvalue weighted by atomic mass is 15.1. The summed E-state index contributed by atoms with van der Waals surface area (Å²) in [6.45, 7) is 13.5. The Morgan fingerprint density at radius 1 is 1.18 bits per heavy atom. The van der Waals surface area contributed by atoms with Crippen molar-refractivity contribution in [2.24, 2.45) is 5.41 Å². The second kappa shape index (κ2) is 3.72. The van der Waals surface area contributed by atoms with Crippen molar-refractivity contribution in [2.45, 2.75) is 59.4 Å². The highest BCUT2D eigenvalue weighted by Gasteiger charge is 2.32. The fraction of sp³-hybridized carbons (Fsp3) is 0.667. The molecule has 0 bridgehead atoms. The van der Waals surface area contributed by atoms with Crippen LogP contribution in [0.4, 0.5) is 5.82 Å². The number of hydrogen-bond acceptors (Lipinski definition) is 2. The van der Waals surface area contributed by atoms with Crippen LogP contribution in [-0.2, 0) is 11.8 Å². The van der Waals surface area contributed by atoms with Gasteiger partial charge in [-0.2, -0.15) is 0 Å². The highest BCUT2D eigenvalue weighted by Crippen LogP contribution is 2.35. The van der Waals surface area contributed by atoms with Gasteiger partial charge in [0.05, 0.1) is 0 Å². The molecule has 1 unspecified atom stereocenters. The maximum atomic E-state index is 4.58. The van der Waals surface area contributed by atoms with Crippen molar-refractivity contribution >= 4 is 5.82 Å². The molecule has 17 heavy (non-hydrogen) atoms. The van der Waals surface area contributed by atoms with Gasteiger partial charge in [0, 0.05) is 12.2 Å². The molecule has 0 saturated carbocycles. The summed E-state index contributed by atoms with van der Waals surface area (Å²) in [6, 6.07) is 2.82. The lowest BCUT2D eigenvalue weighted by Crippen LogP contribution is -2.31. The van der Waals surface area contributed by atoms with Crippen LogP contribution in [0.5, 0.6) is 0 Å². The molecule has 1 atom stereocenters. The van der Waals surface area contributed by atoms with Crippen LogP contribution < -0.4 is 5.32 Å². The van der Waals surface area contributed by atoms with Gasteiger partial charge in [-0.25, -0.2) is 4.98 Å². The van der Waals surface area contributed by atoms with Crippen LogP contribution in [0.2, 0.25) is 0 Å². The predicted octanol–water partition coefficient (Wildman–Crippen LogP) is 3.76. The summed E-state index contributed by atoms with van der Waals surface area (Å²) in [5.41, 5.74) is 3.16. The molecule has 0 fully saturated rings. The molecule has 1 aliphatic rings. The van der Waals surface area contributed by atoms with Gasteiger partial charge in [0.25, 0.3) is 0 Å². The minimum absolute atomic E-state index is 0.182. The summed E-state index contributed by atoms with van der Waals surface area (Å²) in [4.78, 5) is 4.58. The van der Waals surface area contributed by atoms with Gasteiger partial charge >= 0.3 is 0 Å². The summed E-state index contributed by atoms with van der Waals surface area (Å²) < 4.78 is 0. The SMILES string of the molecule is CC(C)(C)c1cnc2c(c1)CC(C(C)(C)C)N2. The van der Waals surface area contributed by atoms with Gasteiger partial charge in [-0.05, 0) is 34.4 Å². The number of aromatic nitrogens is 1. The van der Waals surface area contributed by atoms with E-state index in [9.17, 15) is 0 Å². The molecule has 0 amide bonds. The largest absolute Gasteiger partial charge is 0.366 e. The van der Waals surface area contributed by atoms with E-state index < -0.39 is 0 Å². The molecule has 1 aromatic heterocycles. The van der Waals surface area contributed by atoms with Crippen LogP contribution in [0, 0.1) is 5.41 Å². The van der Waals surface area contributed by atoms with E-state index in [0.29, 0.717) is 6.04 Å². The number of pyridine rings is 1. The predicted molar refractivity (Wildman–Crippen MR) is 73.5 cm³/mol. The van der Waals surface area contributed by atoms with Crippen LogP contribution in [0.1, 0.15) is 52.7 Å². The Morgan fingerprint density at radius 2 is 1.82 bits per heavy atom. The van der Waals surface area contributed by atoms with Crippen LogP contribution in [0.25, 0.3) is 0 Å². The molecule has 0 aromatic carbocycles. The molecule has 0 radical (unpaired) electrons. The highest BCUT2D eigenvalue weighted by molar-refractivity contribution is 5.53. The number of hydrogen-bond donors (Lipinski definition) is 1. The van der Waals surface area contributed by atoms with Crippen molar-refractivity contribution in [3.8, 4) is 0 Å². The van der Waals surface area contributed by atoms with Gasteiger partial charge in [0.2, 0.25) is 0 Å². The standard InChI is InChI=1S/C15H24N2/c1-14(2,3)11-7-10-8-12(15(4,5)6)17-13(10)16-9-11/h7,9,12H,8H2,1-6H3,(H,16,17). The van der Waals surface area contributed by atoms with Gasteiger partial charge in [-0.1, -0.05) is 41.5 Å². The maximum absolute atomic E-state index is 4.58. The normalized spacial score (nSPS) is 20.0. The topological polar surface area (TPSA) is 24.9 Å². The quantitative estimate of drug-likeness (QED) is 0.736. The van der Waals surface area contributed by atoms with E-state index in [1.807, 2.05) is 6.20 Å². The number of fused-ring (bicyclic) bond motifs is 1. The fourth-order valence-electron chi connectivity index (χ4n) is 2.16. The van der Waals surface area contributed by atoms with Crippen molar-refractivity contribution in [1.29, 1.82) is 0 Å². The van der Waals surface area contributed by atoms with Crippen LogP contribution >= 0.6 is 0 Å². The molecule has 2 nitrogen and oxygen atoms in total. The Morgan fingerprint density at radius 3 is 2.35 bits per heavy atom. The summed E-state index contributed by atoms with van der Waals surface area (Å²) in [7, 11) is 0. The first-order valence-corrected chi connectivity index (χ1v) is 6.44. The maximum Gasteiger partial charge on any atom is 0.129 e. The second-order valence-electron chi connectivity index (χ2n) is 7.25. The Hall–Kier alpha value is -1.05. The summed E-state index contributed by atoms with van der Waals surface area (Å²) in [6.07, 6.45) is 3.10. The number of rotatable bonds is 0. The third kappa shape index (κ3) is 2.46. The molecular formula is C15H24N2. The zero-order chi connectivity index (χ0) is 12.8. The first kappa shape index (κ1) is 12.4. The molecule has 0 aliphatic carbocycles. The molecule has 2 heterocycles. The van der Waals surface area contributed by atoms with Crippen molar-refractivity contribution in [1.82, 2.24) is 4.98 Å². The van der Waals surface area contributed by atoms with E-state index in [-0.39, 0.29) is 10.8 Å². The van der Waals surface area contributed by atoms with E-state index in [4.69, 9.17) is 0 Å². The molecule has 1 N–H and O–H groups in total. The Bertz CT molecular complexity index is 422. The fourth-order valence-corrected chi connectivity index (χ4v) is 2.16. The Labute approximate surface area is 105 Å². The Kier molecular flexibility index (Phi) is 2.72. The van der Waals surface area contributed by atoms with Crippen LogP contribution in [0.3, 0.4) is 0 Å². The van der Waals surface area contributed by atoms with Gasteiger partial charge in [0.1, 0.15) is 5.82 Å².